The summed E-state index contributed by atoms with van der Waals surface area (Å²) in [5.41, 5.74) is 0.282. The number of esters is 1. The first-order valence-electron chi connectivity index (χ1n) is 13.1. The molecule has 0 aromatic carbocycles. The summed E-state index contributed by atoms with van der Waals surface area (Å²) in [4.78, 5) is 24.5. The second-order valence-corrected chi connectivity index (χ2v) is 11.1. The van der Waals surface area contributed by atoms with E-state index in [4.69, 9.17) is 4.74 Å². The number of ether oxygens (including phenoxy) is 1. The van der Waals surface area contributed by atoms with E-state index in [0.717, 1.165) is 25.7 Å². The number of cyclic esters (lactones) is 1. The number of hydrogen-bond acceptors (Lipinski definition) is 6. The van der Waals surface area contributed by atoms with E-state index in [0.29, 0.717) is 31.1 Å². The molecule has 7 heteroatoms. The summed E-state index contributed by atoms with van der Waals surface area (Å²) in [6, 6.07) is 2.10. The number of allylic oxidation sites excluding steroid dienone is 2. The van der Waals surface area contributed by atoms with Crippen LogP contribution in [-0.2, 0) is 14.3 Å². The number of aliphatic hydroxyl groups is 2. The number of carboxylic acids is 1. The van der Waals surface area contributed by atoms with Gasteiger partial charge in [0.15, 0.2) is 0 Å². The maximum absolute atomic E-state index is 12.7. The predicted octanol–water partition coefficient (Wildman–Crippen LogP) is 4.64. The lowest BCUT2D eigenvalue weighted by molar-refractivity contribution is -0.159. The smallest absolute Gasteiger partial charge is 0.308 e. The third-order valence-electron chi connectivity index (χ3n) is 7.80. The Hall–Kier alpha value is -2.17. The van der Waals surface area contributed by atoms with Crippen LogP contribution in [-0.4, -0.2) is 45.6 Å². The molecule has 7 nitrogen and oxygen atoms in total. The lowest BCUT2D eigenvalue weighted by atomic mass is 9.82. The molecule has 0 aromatic heterocycles. The van der Waals surface area contributed by atoms with Gasteiger partial charge in [-0.15, -0.1) is 0 Å². The van der Waals surface area contributed by atoms with Gasteiger partial charge in [0.25, 0.3) is 0 Å². The molecular formula is C28H43NO6. The van der Waals surface area contributed by atoms with Crippen molar-refractivity contribution in [1.29, 1.82) is 5.26 Å². The molecule has 2 rings (SSSR count). The molecule has 9 unspecified atom stereocenters. The van der Waals surface area contributed by atoms with Crippen molar-refractivity contribution in [3.63, 3.8) is 0 Å². The molecule has 1 fully saturated rings. The van der Waals surface area contributed by atoms with Crippen LogP contribution in [0.1, 0.15) is 79.1 Å². The van der Waals surface area contributed by atoms with Gasteiger partial charge in [-0.3, -0.25) is 9.59 Å². The molecule has 0 aromatic rings. The largest absolute Gasteiger partial charge is 0.481 e. The Balaban J connectivity index is 2.30. The average molecular weight is 490 g/mol. The molecule has 196 valence electrons. The maximum atomic E-state index is 12.7. The molecule has 35 heavy (non-hydrogen) atoms. The van der Waals surface area contributed by atoms with Crippen molar-refractivity contribution in [2.45, 2.75) is 97.4 Å². The summed E-state index contributed by atoms with van der Waals surface area (Å²) in [6.07, 6.45) is 7.33. The zero-order valence-electron chi connectivity index (χ0n) is 21.6. The third-order valence-corrected chi connectivity index (χ3v) is 7.80. The van der Waals surface area contributed by atoms with Gasteiger partial charge in [0, 0.05) is 12.3 Å². The number of hydrogen-bond donors (Lipinski definition) is 3. The molecule has 0 bridgehead atoms. The van der Waals surface area contributed by atoms with Gasteiger partial charge >= 0.3 is 11.9 Å². The fraction of sp³-hybridized carbons (Fsp3) is 0.750. The van der Waals surface area contributed by atoms with Gasteiger partial charge in [-0.2, -0.15) is 5.26 Å². The van der Waals surface area contributed by atoms with Gasteiger partial charge in [-0.1, -0.05) is 46.3 Å². The Kier molecular flexibility index (Phi) is 11.5. The summed E-state index contributed by atoms with van der Waals surface area (Å²) in [6.45, 7) is 8.16. The Bertz CT molecular complexity index is 815. The fourth-order valence-corrected chi connectivity index (χ4v) is 5.97. The maximum Gasteiger partial charge on any atom is 0.308 e. The number of carbonyl (C=O) groups is 2. The molecule has 1 heterocycles. The van der Waals surface area contributed by atoms with Gasteiger partial charge in [0.1, 0.15) is 6.10 Å². The lowest BCUT2D eigenvalue weighted by Crippen LogP contribution is -2.34. The monoisotopic (exact) mass is 489 g/mol. The van der Waals surface area contributed by atoms with Crippen molar-refractivity contribution in [1.82, 2.24) is 0 Å². The van der Waals surface area contributed by atoms with Gasteiger partial charge in [0.05, 0.1) is 36.2 Å². The van der Waals surface area contributed by atoms with E-state index >= 15 is 0 Å². The van der Waals surface area contributed by atoms with Crippen LogP contribution >= 0.6 is 0 Å². The summed E-state index contributed by atoms with van der Waals surface area (Å²) < 4.78 is 5.77. The number of nitrogens with zero attached hydrogens (tertiary/aromatic N) is 1. The fourth-order valence-electron chi connectivity index (χ4n) is 5.97. The number of carbonyl (C=O) groups excluding carboxylic acids is 1. The molecular weight excluding hydrogens is 446 g/mol. The lowest BCUT2D eigenvalue weighted by Gasteiger charge is -2.28. The van der Waals surface area contributed by atoms with E-state index in [1.54, 1.807) is 18.2 Å². The van der Waals surface area contributed by atoms with Crippen molar-refractivity contribution in [3.8, 4) is 6.07 Å². The van der Waals surface area contributed by atoms with Gasteiger partial charge in [0.2, 0.25) is 0 Å². The molecule has 0 radical (unpaired) electrons. The highest BCUT2D eigenvalue weighted by atomic mass is 16.5. The van der Waals surface area contributed by atoms with Crippen LogP contribution in [0.5, 0.6) is 0 Å². The van der Waals surface area contributed by atoms with E-state index in [2.05, 4.69) is 19.9 Å². The number of carboxylic acid groups (broad SMARTS) is 1. The standard InChI is InChI=1S/C28H43NO6/c1-17-12-18(2)14-20(4)27(32)21(16-29)8-5-6-11-25(22-9-7-10-23(22)28(33)34)35-26(31)15-24(30)19(3)13-17/h5-6,8,17-20,22-25,27,30,32H,7,9-15H2,1-4H3,(H,33,34)/b6-5-,21-8+. The van der Waals surface area contributed by atoms with Crippen molar-refractivity contribution in [2.75, 3.05) is 0 Å². The van der Waals surface area contributed by atoms with Crippen molar-refractivity contribution in [3.05, 3.63) is 23.8 Å². The van der Waals surface area contributed by atoms with Crippen LogP contribution in [0.3, 0.4) is 0 Å². The van der Waals surface area contributed by atoms with E-state index in [1.165, 1.54) is 0 Å². The van der Waals surface area contributed by atoms with Crippen LogP contribution in [0, 0.1) is 46.8 Å². The predicted molar refractivity (Wildman–Crippen MR) is 133 cm³/mol. The van der Waals surface area contributed by atoms with Gasteiger partial charge in [-0.05, 0) is 61.9 Å². The summed E-state index contributed by atoms with van der Waals surface area (Å²) in [5.74, 6) is -1.77. The van der Waals surface area contributed by atoms with E-state index in [9.17, 15) is 30.2 Å². The normalized spacial score (nSPS) is 40.9. The summed E-state index contributed by atoms with van der Waals surface area (Å²) in [5, 5.41) is 40.6. The van der Waals surface area contributed by atoms with E-state index < -0.39 is 36.2 Å². The van der Waals surface area contributed by atoms with Crippen LogP contribution < -0.4 is 0 Å². The molecule has 0 amide bonds. The molecule has 2 aliphatic rings. The number of aliphatic hydroxyl groups excluding tert-OH is 2. The Morgan fingerprint density at radius 3 is 2.34 bits per heavy atom. The number of aliphatic carboxylic acids is 1. The minimum atomic E-state index is -0.882. The zero-order chi connectivity index (χ0) is 26.1. The quantitative estimate of drug-likeness (QED) is 0.482. The number of nitriles is 1. The summed E-state index contributed by atoms with van der Waals surface area (Å²) >= 11 is 0. The second-order valence-electron chi connectivity index (χ2n) is 11.1. The molecule has 0 saturated heterocycles. The molecule has 9 atom stereocenters. The molecule has 3 N–H and O–H groups in total. The van der Waals surface area contributed by atoms with Crippen LogP contribution in [0.25, 0.3) is 0 Å². The first-order chi connectivity index (χ1) is 16.5. The molecule has 1 aliphatic heterocycles. The van der Waals surface area contributed by atoms with Crippen molar-refractivity contribution >= 4 is 11.9 Å². The van der Waals surface area contributed by atoms with Gasteiger partial charge in [-0.25, -0.2) is 0 Å². The highest BCUT2D eigenvalue weighted by molar-refractivity contribution is 5.72. The topological polar surface area (TPSA) is 128 Å². The molecule has 0 spiro atoms. The van der Waals surface area contributed by atoms with Crippen molar-refractivity contribution in [2.24, 2.45) is 35.5 Å². The first kappa shape index (κ1) is 29.1. The van der Waals surface area contributed by atoms with Crippen LogP contribution in [0.4, 0.5) is 0 Å². The number of rotatable bonds is 2. The Morgan fingerprint density at radius 1 is 1.06 bits per heavy atom. The van der Waals surface area contributed by atoms with Crippen molar-refractivity contribution < 1.29 is 29.6 Å². The molecule has 1 aliphatic carbocycles. The van der Waals surface area contributed by atoms with E-state index in [-0.39, 0.29) is 29.7 Å². The van der Waals surface area contributed by atoms with Gasteiger partial charge < -0.3 is 20.1 Å². The third kappa shape index (κ3) is 8.77. The average Bonchev–Trinajstić information content (AvgIpc) is 3.27. The zero-order valence-corrected chi connectivity index (χ0v) is 21.6. The second kappa shape index (κ2) is 13.8. The first-order valence-corrected chi connectivity index (χ1v) is 13.1. The Labute approximate surface area is 209 Å². The SMILES string of the molecule is CC1CC(C)CC(C)C(O)/C(C#N)=C/C=C\CC(C2CCCC2C(=O)O)OC(=O)CC(O)C(C)C1. The minimum Gasteiger partial charge on any atom is -0.481 e. The van der Waals surface area contributed by atoms with Crippen LogP contribution in [0.15, 0.2) is 23.8 Å². The van der Waals surface area contributed by atoms with E-state index in [1.807, 2.05) is 13.8 Å². The minimum absolute atomic E-state index is 0.0816. The molecule has 1 saturated carbocycles. The highest BCUT2D eigenvalue weighted by Gasteiger charge is 2.39. The van der Waals surface area contributed by atoms with Crippen LogP contribution in [0.2, 0.25) is 0 Å². The highest BCUT2D eigenvalue weighted by Crippen LogP contribution is 2.37. The summed E-state index contributed by atoms with van der Waals surface area (Å²) in [7, 11) is 0. The Morgan fingerprint density at radius 2 is 1.71 bits per heavy atom.